The number of hydrogen-bond acceptors (Lipinski definition) is 3. The molecule has 66 heavy (non-hydrogen) atoms. The predicted octanol–water partition coefficient (Wildman–Crippen LogP) is 16.1. The van der Waals surface area contributed by atoms with Crippen LogP contribution < -0.4 is 5.19 Å². The maximum absolute atomic E-state index is 5.36. The van der Waals surface area contributed by atoms with Gasteiger partial charge in [-0.15, -0.1) is 41.3 Å². The van der Waals surface area contributed by atoms with Gasteiger partial charge in [-0.3, -0.25) is 16.3 Å². The fourth-order valence-electron chi connectivity index (χ4n) is 8.95. The normalized spacial score (nSPS) is 11.8. The van der Waals surface area contributed by atoms with Crippen LogP contribution in [0.15, 0.2) is 164 Å². The van der Waals surface area contributed by atoms with Crippen LogP contribution in [0.1, 0.15) is 51.3 Å². The SMILES string of the molecule is CC(C)Cc1cc(-c2[c-]cccc2)ncc1[Si](C)(C)C.Cc1cccc2cc3c(-c4nc5ccccc5n4-c4c(-c5ccccc5)cc(C(C)(C)C)cc4-c4ccccc4)[c-]sc3cc12.[Ir]. The first-order valence-electron chi connectivity index (χ1n) is 22.8. The van der Waals surface area contributed by atoms with E-state index in [0.717, 1.165) is 45.8 Å². The summed E-state index contributed by atoms with van der Waals surface area (Å²) >= 11 is 1.67. The Bertz CT molecular complexity index is 3220. The van der Waals surface area contributed by atoms with Gasteiger partial charge in [0, 0.05) is 37.4 Å². The number of para-hydroxylation sites is 2. The molecule has 0 saturated carbocycles. The fourth-order valence-corrected chi connectivity index (χ4v) is 11.4. The number of nitrogens with zero attached hydrogens (tertiary/aromatic N) is 3. The van der Waals surface area contributed by atoms with Crippen molar-refractivity contribution in [2.45, 2.75) is 73.0 Å². The molecule has 0 bridgehead atoms. The van der Waals surface area contributed by atoms with Gasteiger partial charge in [0.15, 0.2) is 0 Å². The van der Waals surface area contributed by atoms with E-state index >= 15 is 0 Å². The molecule has 0 amide bonds. The van der Waals surface area contributed by atoms with Gasteiger partial charge in [-0.1, -0.05) is 185 Å². The maximum Gasteiger partial charge on any atom is 0.0798 e. The van der Waals surface area contributed by atoms with E-state index in [1.807, 2.05) is 18.2 Å². The molecule has 0 aliphatic carbocycles. The third-order valence-corrected chi connectivity index (χ3v) is 15.2. The summed E-state index contributed by atoms with van der Waals surface area (Å²) in [6, 6.07) is 59.7. The second-order valence-corrected chi connectivity index (χ2v) is 25.6. The zero-order chi connectivity index (χ0) is 45.5. The number of pyridine rings is 1. The number of fused-ring (bicyclic) bond motifs is 3. The Hall–Kier alpha value is -5.75. The summed E-state index contributed by atoms with van der Waals surface area (Å²) in [6.07, 6.45) is 3.24. The number of imidazole rings is 1. The maximum atomic E-state index is 5.36. The number of thiophene rings is 1. The molecule has 0 unspecified atom stereocenters. The molecular weight excluding hydrogens is 1020 g/mol. The van der Waals surface area contributed by atoms with Gasteiger partial charge in [0.1, 0.15) is 0 Å². The van der Waals surface area contributed by atoms with Crippen LogP contribution >= 0.6 is 11.3 Å². The van der Waals surface area contributed by atoms with Crippen LogP contribution in [-0.4, -0.2) is 22.6 Å². The first-order chi connectivity index (χ1) is 31.2. The monoisotopic (exact) mass is 1070 g/mol. The van der Waals surface area contributed by atoms with Gasteiger partial charge in [0.2, 0.25) is 0 Å². The molecule has 6 heteroatoms. The predicted molar refractivity (Wildman–Crippen MR) is 283 cm³/mol. The molecule has 0 N–H and O–H groups in total. The molecule has 3 heterocycles. The van der Waals surface area contributed by atoms with Crippen molar-refractivity contribution in [3.05, 3.63) is 192 Å². The van der Waals surface area contributed by atoms with Crippen molar-refractivity contribution in [3.63, 3.8) is 0 Å². The summed E-state index contributed by atoms with van der Waals surface area (Å²) in [7, 11) is -1.34. The second kappa shape index (κ2) is 19.2. The van der Waals surface area contributed by atoms with Crippen LogP contribution in [0, 0.1) is 24.3 Å². The van der Waals surface area contributed by atoms with Gasteiger partial charge in [-0.05, 0) is 92.8 Å². The van der Waals surface area contributed by atoms with Crippen molar-refractivity contribution < 1.29 is 20.1 Å². The van der Waals surface area contributed by atoms with E-state index in [0.29, 0.717) is 5.92 Å². The van der Waals surface area contributed by atoms with Crippen LogP contribution in [0.5, 0.6) is 0 Å². The van der Waals surface area contributed by atoms with Crippen LogP contribution in [-0.2, 0) is 31.9 Å². The third kappa shape index (κ3) is 9.57. The summed E-state index contributed by atoms with van der Waals surface area (Å²) < 4.78 is 3.62. The van der Waals surface area contributed by atoms with Gasteiger partial charge in [-0.25, -0.2) is 0 Å². The smallest absolute Gasteiger partial charge is 0.0798 e. The first kappa shape index (κ1) is 46.8. The minimum Gasteiger partial charge on any atom is -0.332 e. The van der Waals surface area contributed by atoms with Crippen molar-refractivity contribution in [2.24, 2.45) is 5.92 Å². The zero-order valence-electron chi connectivity index (χ0n) is 39.5. The molecule has 0 atom stereocenters. The molecule has 10 aromatic rings. The largest absolute Gasteiger partial charge is 0.332 e. The van der Waals surface area contributed by atoms with Crippen LogP contribution in [0.25, 0.3) is 82.5 Å². The van der Waals surface area contributed by atoms with Crippen molar-refractivity contribution in [1.82, 2.24) is 14.5 Å². The van der Waals surface area contributed by atoms with Gasteiger partial charge in [0.25, 0.3) is 0 Å². The molecule has 7 aromatic carbocycles. The Labute approximate surface area is 410 Å². The van der Waals surface area contributed by atoms with Crippen LogP contribution in [0.3, 0.4) is 0 Å². The average molecular weight is 1070 g/mol. The summed E-state index contributed by atoms with van der Waals surface area (Å²) in [5.74, 6) is 1.58. The quantitative estimate of drug-likeness (QED) is 0.112. The van der Waals surface area contributed by atoms with Gasteiger partial charge in [-0.2, -0.15) is 0 Å². The topological polar surface area (TPSA) is 30.7 Å². The third-order valence-electron chi connectivity index (χ3n) is 12.3. The van der Waals surface area contributed by atoms with Crippen molar-refractivity contribution >= 4 is 56.5 Å². The summed E-state index contributed by atoms with van der Waals surface area (Å²) in [4.78, 5) is 10.0. The van der Waals surface area contributed by atoms with Crippen LogP contribution in [0.2, 0.25) is 19.6 Å². The van der Waals surface area contributed by atoms with E-state index in [1.54, 1.807) is 11.3 Å². The molecule has 0 fully saturated rings. The number of aromatic nitrogens is 3. The minimum atomic E-state index is -1.34. The number of rotatable bonds is 8. The molecule has 0 aliphatic rings. The van der Waals surface area contributed by atoms with E-state index < -0.39 is 8.07 Å². The van der Waals surface area contributed by atoms with Crippen molar-refractivity contribution in [3.8, 4) is 50.6 Å². The number of benzene rings is 7. The average Bonchev–Trinajstić information content (AvgIpc) is 3.89. The Kier molecular flexibility index (Phi) is 13.6. The molecule has 0 spiro atoms. The molecule has 0 saturated heterocycles. The molecule has 1 radical (unpaired) electrons. The minimum absolute atomic E-state index is 0. The van der Waals surface area contributed by atoms with E-state index in [4.69, 9.17) is 4.98 Å². The van der Waals surface area contributed by atoms with Gasteiger partial charge in [0.05, 0.1) is 30.6 Å². The fraction of sp³-hybridized carbons (Fsp3) is 0.200. The Morgan fingerprint density at radius 1 is 0.712 bits per heavy atom. The van der Waals surface area contributed by atoms with E-state index in [2.05, 4.69) is 228 Å². The van der Waals surface area contributed by atoms with Gasteiger partial charge < -0.3 is 9.55 Å². The van der Waals surface area contributed by atoms with Crippen molar-refractivity contribution in [1.29, 1.82) is 0 Å². The molecule has 0 aliphatic heterocycles. The Balaban J connectivity index is 0.000000238. The van der Waals surface area contributed by atoms with E-state index in [1.165, 1.54) is 65.0 Å². The summed E-state index contributed by atoms with van der Waals surface area (Å²) in [6.45, 7) is 20.8. The molecular formula is C60H57IrN3SSi-2. The van der Waals surface area contributed by atoms with Crippen molar-refractivity contribution in [2.75, 3.05) is 0 Å². The Morgan fingerprint density at radius 2 is 1.36 bits per heavy atom. The number of aryl methyl sites for hydroxylation is 1. The number of hydrogen-bond donors (Lipinski definition) is 0. The molecule has 3 aromatic heterocycles. The summed E-state index contributed by atoms with van der Waals surface area (Å²) in [5.41, 5.74) is 15.1. The molecule has 3 nitrogen and oxygen atoms in total. The van der Waals surface area contributed by atoms with Gasteiger partial charge >= 0.3 is 0 Å². The van der Waals surface area contributed by atoms with Crippen LogP contribution in [0.4, 0.5) is 0 Å². The first-order valence-corrected chi connectivity index (χ1v) is 27.1. The van der Waals surface area contributed by atoms with E-state index in [-0.39, 0.29) is 25.5 Å². The van der Waals surface area contributed by atoms with E-state index in [9.17, 15) is 0 Å². The summed E-state index contributed by atoms with van der Waals surface area (Å²) in [5, 5.41) is 8.91. The zero-order valence-corrected chi connectivity index (χ0v) is 43.7. The molecule has 333 valence electrons. The Morgan fingerprint density at radius 3 is 1.98 bits per heavy atom. The molecule has 10 rings (SSSR count). The standard InChI is InChI=1S/C42H33N2S.C18H24NSi.Ir/c1-27-14-13-19-30-22-35-36(26-45-39(35)25-32(27)30)41-43-37-20-11-12-21-38(37)44(41)40-33(28-15-7-5-8-16-28)23-31(42(2,3)4)24-34(40)29-17-9-6-10-18-29;1-14(2)11-16-12-17(15-9-7-6-8-10-15)19-13-18(16)20(3,4)5;/h5-25H,1-4H3;6-9,12-14H,11H2,1-5H3;/q2*-1;. The second-order valence-electron chi connectivity index (χ2n) is 19.7.